The van der Waals surface area contributed by atoms with Crippen molar-refractivity contribution in [3.05, 3.63) is 23.2 Å². The third-order valence-corrected chi connectivity index (χ3v) is 3.73. The lowest BCUT2D eigenvalue weighted by atomic mass is 10.1. The van der Waals surface area contributed by atoms with Crippen LogP contribution >= 0.6 is 11.6 Å². The van der Waals surface area contributed by atoms with E-state index < -0.39 is 0 Å². The third kappa shape index (κ3) is 2.06. The summed E-state index contributed by atoms with van der Waals surface area (Å²) in [6.45, 7) is 3.06. The molecule has 0 bridgehead atoms. The Labute approximate surface area is 110 Å². The van der Waals surface area contributed by atoms with Gasteiger partial charge in [-0.05, 0) is 46.9 Å². The minimum Gasteiger partial charge on any atom is -0.399 e. The number of tetrazole rings is 1. The van der Waals surface area contributed by atoms with Crippen LogP contribution in [-0.4, -0.2) is 20.2 Å². The smallest absolute Gasteiger partial charge is 0.183 e. The Hall–Kier alpha value is -1.62. The fourth-order valence-corrected chi connectivity index (χ4v) is 2.15. The Bertz CT molecular complexity index is 588. The summed E-state index contributed by atoms with van der Waals surface area (Å²) in [5.74, 6) is 0.681. The highest BCUT2D eigenvalue weighted by atomic mass is 35.5. The molecule has 3 rings (SSSR count). The first-order valence-electron chi connectivity index (χ1n) is 5.89. The molecule has 1 saturated carbocycles. The topological polar surface area (TPSA) is 69.6 Å². The van der Waals surface area contributed by atoms with Gasteiger partial charge in [-0.2, -0.15) is 0 Å². The SMILES string of the molecule is CC1(Cn2nnnc2-c2cc(N)ccc2Cl)CC1. The van der Waals surface area contributed by atoms with Crippen molar-refractivity contribution in [2.24, 2.45) is 5.41 Å². The van der Waals surface area contributed by atoms with E-state index in [1.165, 1.54) is 12.8 Å². The van der Waals surface area contributed by atoms with Crippen LogP contribution in [0.5, 0.6) is 0 Å². The summed E-state index contributed by atoms with van der Waals surface area (Å²) in [6.07, 6.45) is 2.44. The number of hydrogen-bond donors (Lipinski definition) is 1. The molecule has 5 nitrogen and oxygen atoms in total. The zero-order valence-corrected chi connectivity index (χ0v) is 10.9. The fraction of sp³-hybridized carbons (Fsp3) is 0.417. The summed E-state index contributed by atoms with van der Waals surface area (Å²) in [6, 6.07) is 5.34. The first kappa shape index (κ1) is 11.5. The lowest BCUT2D eigenvalue weighted by Gasteiger charge is -2.10. The maximum absolute atomic E-state index is 6.18. The normalized spacial score (nSPS) is 16.8. The standard InChI is InChI=1S/C12H14ClN5/c1-12(4-5-12)7-18-11(15-16-17-18)9-6-8(14)2-3-10(9)13/h2-3,6H,4-5,7,14H2,1H3. The number of benzene rings is 1. The number of hydrogen-bond acceptors (Lipinski definition) is 4. The second kappa shape index (κ2) is 3.95. The van der Waals surface area contributed by atoms with Crippen molar-refractivity contribution >= 4 is 17.3 Å². The molecule has 0 spiro atoms. The summed E-state index contributed by atoms with van der Waals surface area (Å²) in [5, 5.41) is 12.5. The Balaban J connectivity index is 2.01. The minimum absolute atomic E-state index is 0.330. The van der Waals surface area contributed by atoms with E-state index in [1.54, 1.807) is 18.2 Å². The van der Waals surface area contributed by atoms with Crippen LogP contribution in [0.3, 0.4) is 0 Å². The van der Waals surface area contributed by atoms with Gasteiger partial charge in [0.15, 0.2) is 5.82 Å². The lowest BCUT2D eigenvalue weighted by molar-refractivity contribution is 0.427. The van der Waals surface area contributed by atoms with Gasteiger partial charge in [0.1, 0.15) is 0 Å². The Morgan fingerprint density at radius 2 is 2.22 bits per heavy atom. The molecule has 1 heterocycles. The molecule has 0 radical (unpaired) electrons. The van der Waals surface area contributed by atoms with Gasteiger partial charge in [0.2, 0.25) is 0 Å². The van der Waals surface area contributed by atoms with Crippen molar-refractivity contribution in [2.45, 2.75) is 26.3 Å². The lowest BCUT2D eigenvalue weighted by Crippen LogP contribution is -2.11. The molecule has 0 unspecified atom stereocenters. The molecule has 0 saturated heterocycles. The van der Waals surface area contributed by atoms with Gasteiger partial charge in [-0.25, -0.2) is 4.68 Å². The Morgan fingerprint density at radius 3 is 2.94 bits per heavy atom. The molecule has 1 aliphatic carbocycles. The van der Waals surface area contributed by atoms with Crippen molar-refractivity contribution < 1.29 is 0 Å². The molecule has 1 aliphatic rings. The fourth-order valence-electron chi connectivity index (χ4n) is 1.95. The highest BCUT2D eigenvalue weighted by Gasteiger charge is 2.38. The molecule has 0 atom stereocenters. The molecular formula is C12H14ClN5. The van der Waals surface area contributed by atoms with Crippen molar-refractivity contribution in [1.29, 1.82) is 0 Å². The maximum atomic E-state index is 6.18. The first-order valence-corrected chi connectivity index (χ1v) is 6.27. The number of rotatable bonds is 3. The number of nitrogen functional groups attached to an aromatic ring is 1. The van der Waals surface area contributed by atoms with Crippen LogP contribution in [0.25, 0.3) is 11.4 Å². The van der Waals surface area contributed by atoms with Gasteiger partial charge >= 0.3 is 0 Å². The van der Waals surface area contributed by atoms with Gasteiger partial charge in [-0.1, -0.05) is 18.5 Å². The predicted molar refractivity (Wildman–Crippen MR) is 70.0 cm³/mol. The molecular weight excluding hydrogens is 250 g/mol. The van der Waals surface area contributed by atoms with E-state index in [4.69, 9.17) is 17.3 Å². The molecule has 2 N–H and O–H groups in total. The van der Waals surface area contributed by atoms with Gasteiger partial charge in [-0.3, -0.25) is 0 Å². The monoisotopic (exact) mass is 263 g/mol. The van der Waals surface area contributed by atoms with Crippen LogP contribution in [0, 0.1) is 5.41 Å². The van der Waals surface area contributed by atoms with E-state index in [-0.39, 0.29) is 0 Å². The molecule has 1 aromatic carbocycles. The van der Waals surface area contributed by atoms with Crippen LogP contribution in [-0.2, 0) is 6.54 Å². The maximum Gasteiger partial charge on any atom is 0.183 e. The van der Waals surface area contributed by atoms with Crippen LogP contribution in [0.15, 0.2) is 18.2 Å². The van der Waals surface area contributed by atoms with E-state index in [0.717, 1.165) is 12.1 Å². The quantitative estimate of drug-likeness (QED) is 0.863. The van der Waals surface area contributed by atoms with Gasteiger partial charge in [0, 0.05) is 11.3 Å². The molecule has 0 aliphatic heterocycles. The van der Waals surface area contributed by atoms with E-state index in [9.17, 15) is 0 Å². The molecule has 1 aromatic heterocycles. The van der Waals surface area contributed by atoms with Gasteiger partial charge < -0.3 is 5.73 Å². The first-order chi connectivity index (χ1) is 8.57. The summed E-state index contributed by atoms with van der Waals surface area (Å²) in [4.78, 5) is 0. The second-order valence-electron chi connectivity index (χ2n) is 5.21. The number of halogens is 1. The zero-order valence-electron chi connectivity index (χ0n) is 10.1. The average molecular weight is 264 g/mol. The highest BCUT2D eigenvalue weighted by Crippen LogP contribution is 2.46. The van der Waals surface area contributed by atoms with E-state index in [1.807, 2.05) is 4.68 Å². The van der Waals surface area contributed by atoms with Crippen LogP contribution in [0.4, 0.5) is 5.69 Å². The second-order valence-corrected chi connectivity index (χ2v) is 5.62. The van der Waals surface area contributed by atoms with E-state index >= 15 is 0 Å². The van der Waals surface area contributed by atoms with E-state index in [0.29, 0.717) is 21.9 Å². The average Bonchev–Trinajstić information content (AvgIpc) is 2.88. The molecule has 18 heavy (non-hydrogen) atoms. The van der Waals surface area contributed by atoms with Gasteiger partial charge in [0.05, 0.1) is 11.6 Å². The molecule has 2 aromatic rings. The van der Waals surface area contributed by atoms with Crippen LogP contribution in [0.1, 0.15) is 19.8 Å². The van der Waals surface area contributed by atoms with Crippen molar-refractivity contribution in [3.8, 4) is 11.4 Å². The summed E-state index contributed by atoms with van der Waals surface area (Å²) >= 11 is 6.18. The summed E-state index contributed by atoms with van der Waals surface area (Å²) < 4.78 is 1.81. The number of anilines is 1. The summed E-state index contributed by atoms with van der Waals surface area (Å²) in [5.41, 5.74) is 7.55. The van der Waals surface area contributed by atoms with Crippen molar-refractivity contribution in [2.75, 3.05) is 5.73 Å². The molecule has 94 valence electrons. The predicted octanol–water partition coefficient (Wildman–Crippen LogP) is 2.38. The number of aromatic nitrogens is 4. The largest absolute Gasteiger partial charge is 0.399 e. The number of nitrogens with two attached hydrogens (primary N) is 1. The third-order valence-electron chi connectivity index (χ3n) is 3.40. The van der Waals surface area contributed by atoms with Crippen molar-refractivity contribution in [1.82, 2.24) is 20.2 Å². The van der Waals surface area contributed by atoms with E-state index in [2.05, 4.69) is 22.4 Å². The zero-order chi connectivity index (χ0) is 12.8. The Morgan fingerprint density at radius 1 is 1.44 bits per heavy atom. The van der Waals surface area contributed by atoms with Crippen molar-refractivity contribution in [3.63, 3.8) is 0 Å². The molecule has 0 amide bonds. The number of nitrogens with zero attached hydrogens (tertiary/aromatic N) is 4. The molecule has 6 heteroatoms. The van der Waals surface area contributed by atoms with Crippen LogP contribution < -0.4 is 5.73 Å². The van der Waals surface area contributed by atoms with Gasteiger partial charge in [0.25, 0.3) is 0 Å². The minimum atomic E-state index is 0.330. The Kier molecular flexibility index (Phi) is 2.52. The highest BCUT2D eigenvalue weighted by molar-refractivity contribution is 6.33. The molecule has 1 fully saturated rings. The van der Waals surface area contributed by atoms with Crippen LogP contribution in [0.2, 0.25) is 5.02 Å². The summed E-state index contributed by atoms with van der Waals surface area (Å²) in [7, 11) is 0. The van der Waals surface area contributed by atoms with Gasteiger partial charge in [-0.15, -0.1) is 5.10 Å².